The highest BCUT2D eigenvalue weighted by molar-refractivity contribution is 6.05. The Kier molecular flexibility index (Phi) is 5.50. The van der Waals surface area contributed by atoms with Crippen molar-refractivity contribution in [3.63, 3.8) is 0 Å². The summed E-state index contributed by atoms with van der Waals surface area (Å²) >= 11 is 0. The normalized spacial score (nSPS) is 14.5. The zero-order chi connectivity index (χ0) is 23.0. The lowest BCUT2D eigenvalue weighted by molar-refractivity contribution is 0.0620. The van der Waals surface area contributed by atoms with Gasteiger partial charge in [-0.05, 0) is 61.2 Å². The summed E-state index contributed by atoms with van der Waals surface area (Å²) in [5, 5.41) is 2.24. The van der Waals surface area contributed by atoms with Crippen molar-refractivity contribution in [2.75, 3.05) is 5.32 Å². The number of amides is 1. The summed E-state index contributed by atoms with van der Waals surface area (Å²) in [5.74, 6) is -1.94. The summed E-state index contributed by atoms with van der Waals surface area (Å²) in [4.78, 5) is 28.4. The van der Waals surface area contributed by atoms with Gasteiger partial charge in [0.15, 0.2) is 17.4 Å². The average Bonchev–Trinajstić information content (AvgIpc) is 2.75. The predicted molar refractivity (Wildman–Crippen MR) is 117 cm³/mol. The number of anilines is 1. The standard InChI is InChI=1S/C25H22F2N2O3/c1-4-14-9-18-21(30)11-25(2,3)32-22(18)10-17(14)15-5-7-16(8-6-15)24(31)29-23-19(26)12-28-13-20(23)27/h5-10,12-13H,4,11H2,1-3H3,(H,28,29,31). The van der Waals surface area contributed by atoms with Crippen LogP contribution in [0.1, 0.15) is 53.5 Å². The second kappa shape index (κ2) is 8.15. The lowest BCUT2D eigenvalue weighted by Crippen LogP contribution is -2.36. The molecule has 1 amide bonds. The first-order valence-electron chi connectivity index (χ1n) is 10.3. The molecule has 0 atom stereocenters. The van der Waals surface area contributed by atoms with E-state index in [1.54, 1.807) is 24.3 Å². The molecule has 3 aromatic rings. The number of benzene rings is 2. The van der Waals surface area contributed by atoms with Gasteiger partial charge in [-0.15, -0.1) is 0 Å². The quantitative estimate of drug-likeness (QED) is 0.579. The first-order valence-corrected chi connectivity index (χ1v) is 10.3. The fourth-order valence-corrected chi connectivity index (χ4v) is 3.82. The SMILES string of the molecule is CCc1cc2c(cc1-c1ccc(C(=O)Nc3c(F)cncc3F)cc1)OC(C)(C)CC2=O. The molecule has 0 radical (unpaired) electrons. The van der Waals surface area contributed by atoms with Crippen LogP contribution in [0, 0.1) is 11.6 Å². The van der Waals surface area contributed by atoms with Crippen LogP contribution >= 0.6 is 0 Å². The molecule has 0 saturated carbocycles. The van der Waals surface area contributed by atoms with Gasteiger partial charge in [-0.2, -0.15) is 0 Å². The maximum atomic E-state index is 13.8. The minimum atomic E-state index is -0.950. The minimum Gasteiger partial charge on any atom is -0.487 e. The second-order valence-electron chi connectivity index (χ2n) is 8.33. The number of fused-ring (bicyclic) bond motifs is 1. The molecule has 4 rings (SSSR count). The molecule has 5 nitrogen and oxygen atoms in total. The number of aryl methyl sites for hydroxylation is 1. The van der Waals surface area contributed by atoms with Gasteiger partial charge in [-0.1, -0.05) is 19.1 Å². The lowest BCUT2D eigenvalue weighted by Gasteiger charge is -2.32. The number of carbonyl (C=O) groups is 2. The van der Waals surface area contributed by atoms with E-state index in [-0.39, 0.29) is 11.3 Å². The van der Waals surface area contributed by atoms with Crippen LogP contribution < -0.4 is 10.1 Å². The van der Waals surface area contributed by atoms with Gasteiger partial charge in [0.25, 0.3) is 5.91 Å². The topological polar surface area (TPSA) is 68.3 Å². The summed E-state index contributed by atoms with van der Waals surface area (Å²) in [5.41, 5.74) is 2.43. The molecule has 32 heavy (non-hydrogen) atoms. The summed E-state index contributed by atoms with van der Waals surface area (Å²) < 4.78 is 33.6. The molecule has 0 unspecified atom stereocenters. The van der Waals surface area contributed by atoms with Crippen molar-refractivity contribution in [3.05, 3.63) is 77.1 Å². The molecule has 1 N–H and O–H groups in total. The van der Waals surface area contributed by atoms with Crippen molar-refractivity contribution in [1.82, 2.24) is 4.98 Å². The van der Waals surface area contributed by atoms with Gasteiger partial charge in [0, 0.05) is 5.56 Å². The molecule has 2 heterocycles. The number of hydrogen-bond donors (Lipinski definition) is 1. The van der Waals surface area contributed by atoms with Gasteiger partial charge >= 0.3 is 0 Å². The van der Waals surface area contributed by atoms with E-state index in [1.807, 2.05) is 32.9 Å². The monoisotopic (exact) mass is 436 g/mol. The highest BCUT2D eigenvalue weighted by Crippen LogP contribution is 2.38. The highest BCUT2D eigenvalue weighted by Gasteiger charge is 2.33. The zero-order valence-electron chi connectivity index (χ0n) is 18.0. The third-order valence-corrected chi connectivity index (χ3v) is 5.41. The molecule has 0 bridgehead atoms. The third kappa shape index (κ3) is 4.10. The van der Waals surface area contributed by atoms with E-state index in [0.29, 0.717) is 24.2 Å². The number of nitrogens with one attached hydrogen (secondary N) is 1. The Hall–Kier alpha value is -3.61. The fraction of sp³-hybridized carbons (Fsp3) is 0.240. The summed E-state index contributed by atoms with van der Waals surface area (Å²) in [7, 11) is 0. The van der Waals surface area contributed by atoms with Crippen LogP contribution in [0.2, 0.25) is 0 Å². The smallest absolute Gasteiger partial charge is 0.255 e. The molecule has 0 spiro atoms. The van der Waals surface area contributed by atoms with Crippen LogP contribution in [0.15, 0.2) is 48.8 Å². The molecule has 1 aromatic heterocycles. The van der Waals surface area contributed by atoms with Crippen LogP contribution in [-0.2, 0) is 6.42 Å². The first kappa shape index (κ1) is 21.6. The van der Waals surface area contributed by atoms with Gasteiger partial charge in [0.05, 0.1) is 24.4 Å². The van der Waals surface area contributed by atoms with Gasteiger partial charge in [-0.25, -0.2) is 8.78 Å². The Morgan fingerprint density at radius 1 is 1.09 bits per heavy atom. The minimum absolute atomic E-state index is 0.0556. The lowest BCUT2D eigenvalue weighted by atomic mass is 9.88. The summed E-state index contributed by atoms with van der Waals surface area (Å²) in [6.07, 6.45) is 2.70. The Morgan fingerprint density at radius 2 is 1.75 bits per heavy atom. The average molecular weight is 436 g/mol. The summed E-state index contributed by atoms with van der Waals surface area (Å²) in [6.45, 7) is 5.76. The number of rotatable bonds is 4. The van der Waals surface area contributed by atoms with Crippen molar-refractivity contribution in [2.45, 2.75) is 39.2 Å². The molecule has 0 saturated heterocycles. The summed E-state index contributed by atoms with van der Waals surface area (Å²) in [6, 6.07) is 10.4. The molecular formula is C25H22F2N2O3. The van der Waals surface area contributed by atoms with Crippen molar-refractivity contribution >= 4 is 17.4 Å². The number of halogens is 2. The van der Waals surface area contributed by atoms with Gasteiger partial charge in [0.1, 0.15) is 17.0 Å². The maximum absolute atomic E-state index is 13.8. The number of ketones is 1. The number of aromatic nitrogens is 1. The largest absolute Gasteiger partial charge is 0.487 e. The molecule has 1 aliphatic rings. The maximum Gasteiger partial charge on any atom is 0.255 e. The van der Waals surface area contributed by atoms with Crippen molar-refractivity contribution in [1.29, 1.82) is 0 Å². The van der Waals surface area contributed by atoms with Crippen LogP contribution in [0.3, 0.4) is 0 Å². The Balaban J connectivity index is 1.64. The van der Waals surface area contributed by atoms with Gasteiger partial charge in [0.2, 0.25) is 0 Å². The predicted octanol–water partition coefficient (Wildman–Crippen LogP) is 5.59. The van der Waals surface area contributed by atoms with Crippen molar-refractivity contribution < 1.29 is 23.1 Å². The van der Waals surface area contributed by atoms with E-state index in [0.717, 1.165) is 29.1 Å². The Bertz CT molecular complexity index is 1200. The number of Topliss-reactive ketones (excluding diaryl/α,β-unsaturated/α-hetero) is 1. The van der Waals surface area contributed by atoms with E-state index in [2.05, 4.69) is 10.3 Å². The molecule has 0 aliphatic carbocycles. The molecule has 7 heteroatoms. The highest BCUT2D eigenvalue weighted by atomic mass is 19.1. The van der Waals surface area contributed by atoms with Crippen LogP contribution in [-0.4, -0.2) is 22.3 Å². The molecule has 164 valence electrons. The van der Waals surface area contributed by atoms with Crippen LogP contribution in [0.25, 0.3) is 11.1 Å². The van der Waals surface area contributed by atoms with Gasteiger partial charge < -0.3 is 10.1 Å². The third-order valence-electron chi connectivity index (χ3n) is 5.41. The van der Waals surface area contributed by atoms with E-state index < -0.39 is 28.8 Å². The van der Waals surface area contributed by atoms with Crippen LogP contribution in [0.4, 0.5) is 14.5 Å². The first-order chi connectivity index (χ1) is 15.2. The number of hydrogen-bond acceptors (Lipinski definition) is 4. The van der Waals surface area contributed by atoms with Crippen molar-refractivity contribution in [3.8, 4) is 16.9 Å². The fourth-order valence-electron chi connectivity index (χ4n) is 3.82. The van der Waals surface area contributed by atoms with E-state index in [1.165, 1.54) is 0 Å². The molecular weight excluding hydrogens is 414 g/mol. The van der Waals surface area contributed by atoms with Crippen LogP contribution in [0.5, 0.6) is 5.75 Å². The number of nitrogens with zero attached hydrogens (tertiary/aromatic N) is 1. The Labute approximate surface area is 184 Å². The van der Waals surface area contributed by atoms with E-state index in [9.17, 15) is 18.4 Å². The van der Waals surface area contributed by atoms with E-state index in [4.69, 9.17) is 4.74 Å². The number of pyridine rings is 1. The Morgan fingerprint density at radius 3 is 2.38 bits per heavy atom. The molecule has 2 aromatic carbocycles. The zero-order valence-corrected chi connectivity index (χ0v) is 18.0. The van der Waals surface area contributed by atoms with E-state index >= 15 is 0 Å². The second-order valence-corrected chi connectivity index (χ2v) is 8.33. The molecule has 1 aliphatic heterocycles. The van der Waals surface area contributed by atoms with Gasteiger partial charge in [-0.3, -0.25) is 14.6 Å². The number of ether oxygens (including phenoxy) is 1. The molecule has 0 fully saturated rings. The van der Waals surface area contributed by atoms with Crippen molar-refractivity contribution in [2.24, 2.45) is 0 Å². The number of carbonyl (C=O) groups excluding carboxylic acids is 2.